The van der Waals surface area contributed by atoms with Gasteiger partial charge in [-0.3, -0.25) is 4.90 Å². The van der Waals surface area contributed by atoms with Crippen molar-refractivity contribution in [2.24, 2.45) is 17.8 Å². The SMILES string of the molecule is CC(C)N1CCOC(CNC23CC4CC(CC(C4)C2)C3)C1. The van der Waals surface area contributed by atoms with Crippen molar-refractivity contribution in [1.29, 1.82) is 0 Å². The molecule has 1 N–H and O–H groups in total. The number of morpholine rings is 1. The molecule has 0 spiro atoms. The molecular formula is C18H32N2O. The highest BCUT2D eigenvalue weighted by Crippen LogP contribution is 2.55. The van der Waals surface area contributed by atoms with Crippen molar-refractivity contribution in [2.75, 3.05) is 26.2 Å². The number of nitrogens with zero attached hydrogens (tertiary/aromatic N) is 1. The van der Waals surface area contributed by atoms with Crippen molar-refractivity contribution in [2.45, 2.75) is 70.1 Å². The third-order valence-corrected chi connectivity index (χ3v) is 6.64. The fourth-order valence-electron chi connectivity index (χ4n) is 5.99. The first-order valence-corrected chi connectivity index (χ1v) is 9.22. The maximum absolute atomic E-state index is 6.02. The smallest absolute Gasteiger partial charge is 0.0827 e. The van der Waals surface area contributed by atoms with Gasteiger partial charge in [0.05, 0.1) is 12.7 Å². The molecule has 0 aromatic carbocycles. The molecule has 0 radical (unpaired) electrons. The van der Waals surface area contributed by atoms with Gasteiger partial charge in [0.15, 0.2) is 0 Å². The van der Waals surface area contributed by atoms with Gasteiger partial charge in [-0.2, -0.15) is 0 Å². The zero-order chi connectivity index (χ0) is 14.4. The number of hydrogen-bond donors (Lipinski definition) is 1. The predicted molar refractivity (Wildman–Crippen MR) is 85.4 cm³/mol. The van der Waals surface area contributed by atoms with E-state index in [4.69, 9.17) is 4.74 Å². The molecule has 1 saturated heterocycles. The second kappa shape index (κ2) is 5.50. The Balaban J connectivity index is 1.34. The van der Waals surface area contributed by atoms with Gasteiger partial charge in [-0.1, -0.05) is 0 Å². The molecule has 0 aromatic rings. The number of ether oxygens (including phenoxy) is 1. The minimum atomic E-state index is 0.397. The summed E-state index contributed by atoms with van der Waals surface area (Å²) in [7, 11) is 0. The lowest BCUT2D eigenvalue weighted by molar-refractivity contribution is -0.0573. The first kappa shape index (κ1) is 14.5. The van der Waals surface area contributed by atoms with Crippen LogP contribution in [0.2, 0.25) is 0 Å². The lowest BCUT2D eigenvalue weighted by atomic mass is 9.53. The molecule has 3 heteroatoms. The van der Waals surface area contributed by atoms with Crippen LogP contribution < -0.4 is 5.32 Å². The molecule has 4 aliphatic carbocycles. The lowest BCUT2D eigenvalue weighted by Gasteiger charge is -2.57. The van der Waals surface area contributed by atoms with Gasteiger partial charge >= 0.3 is 0 Å². The molecule has 120 valence electrons. The Morgan fingerprint density at radius 1 is 1.10 bits per heavy atom. The van der Waals surface area contributed by atoms with Crippen molar-refractivity contribution in [3.05, 3.63) is 0 Å². The molecule has 4 saturated carbocycles. The molecule has 5 rings (SSSR count). The van der Waals surface area contributed by atoms with E-state index < -0.39 is 0 Å². The standard InChI is InChI=1S/C18H32N2O/c1-13(2)20-3-4-21-17(12-20)11-19-18-8-14-5-15(9-18)7-16(6-14)10-18/h13-17,19H,3-12H2,1-2H3. The molecule has 1 atom stereocenters. The van der Waals surface area contributed by atoms with Crippen LogP contribution in [0.1, 0.15) is 52.4 Å². The zero-order valence-corrected chi connectivity index (χ0v) is 13.8. The minimum Gasteiger partial charge on any atom is -0.374 e. The van der Waals surface area contributed by atoms with Crippen LogP contribution in [0, 0.1) is 17.8 Å². The van der Waals surface area contributed by atoms with E-state index in [1.165, 1.54) is 38.5 Å². The third kappa shape index (κ3) is 2.89. The second-order valence-electron chi connectivity index (χ2n) is 8.66. The van der Waals surface area contributed by atoms with Gasteiger partial charge in [-0.05, 0) is 70.1 Å². The topological polar surface area (TPSA) is 24.5 Å². The highest BCUT2D eigenvalue weighted by molar-refractivity contribution is 5.06. The third-order valence-electron chi connectivity index (χ3n) is 6.64. The predicted octanol–water partition coefficient (Wildman–Crippen LogP) is 2.65. The summed E-state index contributed by atoms with van der Waals surface area (Å²) in [5.41, 5.74) is 0.484. The fourth-order valence-corrected chi connectivity index (χ4v) is 5.99. The molecule has 5 aliphatic rings. The van der Waals surface area contributed by atoms with Crippen LogP contribution in [-0.2, 0) is 4.74 Å². The summed E-state index contributed by atoms with van der Waals surface area (Å²) in [4.78, 5) is 2.57. The molecule has 21 heavy (non-hydrogen) atoms. The lowest BCUT2D eigenvalue weighted by Crippen LogP contribution is -2.60. The highest BCUT2D eigenvalue weighted by Gasteiger charge is 2.50. The van der Waals surface area contributed by atoms with E-state index in [0.29, 0.717) is 17.7 Å². The molecule has 0 amide bonds. The molecule has 4 bridgehead atoms. The van der Waals surface area contributed by atoms with E-state index in [2.05, 4.69) is 24.1 Å². The van der Waals surface area contributed by atoms with Crippen LogP contribution in [0.15, 0.2) is 0 Å². The molecule has 3 nitrogen and oxygen atoms in total. The van der Waals surface area contributed by atoms with Crippen molar-refractivity contribution >= 4 is 0 Å². The van der Waals surface area contributed by atoms with E-state index in [9.17, 15) is 0 Å². The number of rotatable bonds is 4. The Morgan fingerprint density at radius 3 is 2.29 bits per heavy atom. The van der Waals surface area contributed by atoms with Gasteiger partial charge in [0.1, 0.15) is 0 Å². The quantitative estimate of drug-likeness (QED) is 0.862. The molecule has 5 fully saturated rings. The van der Waals surface area contributed by atoms with Gasteiger partial charge in [0.2, 0.25) is 0 Å². The van der Waals surface area contributed by atoms with Gasteiger partial charge in [0, 0.05) is 31.2 Å². The Labute approximate surface area is 129 Å². The highest BCUT2D eigenvalue weighted by atomic mass is 16.5. The minimum absolute atomic E-state index is 0.397. The van der Waals surface area contributed by atoms with Crippen molar-refractivity contribution in [1.82, 2.24) is 10.2 Å². The summed E-state index contributed by atoms with van der Waals surface area (Å²) in [5, 5.41) is 4.00. The summed E-state index contributed by atoms with van der Waals surface area (Å²) in [6.45, 7) is 8.78. The summed E-state index contributed by atoms with van der Waals surface area (Å²) < 4.78 is 6.02. The monoisotopic (exact) mass is 292 g/mol. The van der Waals surface area contributed by atoms with E-state index in [1.807, 2.05) is 0 Å². The Hall–Kier alpha value is -0.120. The van der Waals surface area contributed by atoms with Gasteiger partial charge in [-0.25, -0.2) is 0 Å². The van der Waals surface area contributed by atoms with Crippen molar-refractivity contribution < 1.29 is 4.74 Å². The van der Waals surface area contributed by atoms with Gasteiger partial charge in [-0.15, -0.1) is 0 Å². The van der Waals surface area contributed by atoms with Crippen LogP contribution in [0.5, 0.6) is 0 Å². The van der Waals surface area contributed by atoms with Crippen LogP contribution >= 0.6 is 0 Å². The molecular weight excluding hydrogens is 260 g/mol. The molecule has 0 aromatic heterocycles. The summed E-state index contributed by atoms with van der Waals surface area (Å²) in [5.74, 6) is 3.09. The summed E-state index contributed by atoms with van der Waals surface area (Å²) in [6.07, 6.45) is 9.32. The van der Waals surface area contributed by atoms with Crippen molar-refractivity contribution in [3.63, 3.8) is 0 Å². The first-order chi connectivity index (χ1) is 10.1. The average Bonchev–Trinajstić information content (AvgIpc) is 2.44. The summed E-state index contributed by atoms with van der Waals surface area (Å²) >= 11 is 0. The van der Waals surface area contributed by atoms with Crippen molar-refractivity contribution in [3.8, 4) is 0 Å². The van der Waals surface area contributed by atoms with Crippen LogP contribution in [0.4, 0.5) is 0 Å². The Kier molecular flexibility index (Phi) is 3.79. The number of hydrogen-bond acceptors (Lipinski definition) is 3. The normalized spacial score (nSPS) is 46.4. The van der Waals surface area contributed by atoms with Crippen LogP contribution in [0.25, 0.3) is 0 Å². The Morgan fingerprint density at radius 2 is 1.71 bits per heavy atom. The maximum atomic E-state index is 6.02. The Bertz CT molecular complexity index is 346. The number of nitrogens with one attached hydrogen (secondary N) is 1. The molecule has 1 aliphatic heterocycles. The second-order valence-corrected chi connectivity index (χ2v) is 8.66. The molecule has 1 unspecified atom stereocenters. The first-order valence-electron chi connectivity index (χ1n) is 9.22. The van der Waals surface area contributed by atoms with Crippen LogP contribution in [0.3, 0.4) is 0 Å². The van der Waals surface area contributed by atoms with Gasteiger partial charge < -0.3 is 10.1 Å². The van der Waals surface area contributed by atoms with Crippen LogP contribution in [-0.4, -0.2) is 48.8 Å². The van der Waals surface area contributed by atoms with E-state index in [1.54, 1.807) is 0 Å². The van der Waals surface area contributed by atoms with Gasteiger partial charge in [0.25, 0.3) is 0 Å². The zero-order valence-electron chi connectivity index (χ0n) is 13.8. The average molecular weight is 292 g/mol. The molecule has 1 heterocycles. The summed E-state index contributed by atoms with van der Waals surface area (Å²) in [6, 6.07) is 0.649. The van der Waals surface area contributed by atoms with E-state index >= 15 is 0 Å². The van der Waals surface area contributed by atoms with E-state index in [-0.39, 0.29) is 0 Å². The fraction of sp³-hybridized carbons (Fsp3) is 1.00. The maximum Gasteiger partial charge on any atom is 0.0827 e. The largest absolute Gasteiger partial charge is 0.374 e. The van der Waals surface area contributed by atoms with E-state index in [0.717, 1.165) is 44.0 Å².